The fraction of sp³-hybridized carbons (Fsp3) is 0.583. The molecule has 0 amide bonds. The molecule has 1 nitrogen and oxygen atoms in total. The highest BCUT2D eigenvalue weighted by molar-refractivity contribution is 6.88. The van der Waals surface area contributed by atoms with E-state index >= 15 is 0 Å². The van der Waals surface area contributed by atoms with Crippen LogP contribution in [-0.4, -0.2) is 21.9 Å². The van der Waals surface area contributed by atoms with E-state index in [0.717, 1.165) is 0 Å². The Morgan fingerprint density at radius 1 is 0.933 bits per heavy atom. The van der Waals surface area contributed by atoms with Gasteiger partial charge in [-0.15, -0.1) is 0 Å². The zero-order valence-electron chi connectivity index (χ0n) is 11.1. The summed E-state index contributed by atoms with van der Waals surface area (Å²) in [5, 5.41) is 1.41. The summed E-state index contributed by atoms with van der Waals surface area (Å²) in [5.74, 6) is 0.134. The van der Waals surface area contributed by atoms with E-state index in [1.807, 2.05) is 6.08 Å². The van der Waals surface area contributed by atoms with Gasteiger partial charge in [-0.05, 0) is 13.0 Å². The lowest BCUT2D eigenvalue weighted by Gasteiger charge is -2.22. The van der Waals surface area contributed by atoms with Gasteiger partial charge in [0, 0.05) is 0 Å². The van der Waals surface area contributed by atoms with Gasteiger partial charge in [0.2, 0.25) is 0 Å². The molecule has 0 aliphatic rings. The quantitative estimate of drug-likeness (QED) is 0.415. The molecule has 0 aliphatic heterocycles. The van der Waals surface area contributed by atoms with Gasteiger partial charge in [0.15, 0.2) is 5.78 Å². The summed E-state index contributed by atoms with van der Waals surface area (Å²) in [6.07, 6.45) is 3.73. The largest absolute Gasteiger partial charge is 0.295 e. The maximum Gasteiger partial charge on any atom is 0.152 e. The standard InChI is InChI=1S/C12H24OSi2/c1-11(13)8-9-12(15(5,6)7)10-14(2,3)4/h8-10H,1-7H3/b9-8+,12-10+. The van der Waals surface area contributed by atoms with Crippen LogP contribution in [0.4, 0.5) is 0 Å². The molecule has 0 spiro atoms. The normalized spacial score (nSPS) is 14.7. The van der Waals surface area contributed by atoms with Gasteiger partial charge >= 0.3 is 0 Å². The molecular formula is C12H24OSi2. The molecule has 0 radical (unpaired) electrons. The minimum atomic E-state index is -1.31. The van der Waals surface area contributed by atoms with Crippen molar-refractivity contribution in [2.24, 2.45) is 0 Å². The summed E-state index contributed by atoms with van der Waals surface area (Å²) in [6, 6.07) is 0. The predicted octanol–water partition coefficient (Wildman–Crippen LogP) is 3.81. The zero-order chi connectivity index (χ0) is 12.3. The lowest BCUT2D eigenvalue weighted by Crippen LogP contribution is -2.27. The molecule has 86 valence electrons. The summed E-state index contributed by atoms with van der Waals surface area (Å²) in [7, 11) is -2.50. The second kappa shape index (κ2) is 5.08. The van der Waals surface area contributed by atoms with Crippen LogP contribution in [0.5, 0.6) is 0 Å². The fourth-order valence-electron chi connectivity index (χ4n) is 1.19. The molecule has 15 heavy (non-hydrogen) atoms. The van der Waals surface area contributed by atoms with Gasteiger partial charge in [-0.2, -0.15) is 0 Å². The minimum absolute atomic E-state index is 0.134. The van der Waals surface area contributed by atoms with Crippen LogP contribution in [0.1, 0.15) is 6.92 Å². The van der Waals surface area contributed by atoms with Crippen molar-refractivity contribution < 1.29 is 4.79 Å². The monoisotopic (exact) mass is 240 g/mol. The molecule has 0 saturated heterocycles. The highest BCUT2D eigenvalue weighted by Crippen LogP contribution is 2.19. The van der Waals surface area contributed by atoms with Crippen molar-refractivity contribution in [3.63, 3.8) is 0 Å². The van der Waals surface area contributed by atoms with E-state index in [0.29, 0.717) is 0 Å². The van der Waals surface area contributed by atoms with Gasteiger partial charge in [0.1, 0.15) is 0 Å². The molecule has 0 bridgehead atoms. The van der Waals surface area contributed by atoms with Crippen LogP contribution in [-0.2, 0) is 4.79 Å². The number of carbonyl (C=O) groups is 1. The molecular weight excluding hydrogens is 216 g/mol. The van der Waals surface area contributed by atoms with Crippen LogP contribution in [0.15, 0.2) is 23.0 Å². The minimum Gasteiger partial charge on any atom is -0.295 e. The lowest BCUT2D eigenvalue weighted by atomic mass is 10.4. The Kier molecular flexibility index (Phi) is 4.94. The number of ketones is 1. The number of hydrogen-bond acceptors (Lipinski definition) is 1. The van der Waals surface area contributed by atoms with Gasteiger partial charge < -0.3 is 0 Å². The van der Waals surface area contributed by atoms with E-state index in [2.05, 4.69) is 45.0 Å². The van der Waals surface area contributed by atoms with Crippen molar-refractivity contribution >= 4 is 21.9 Å². The molecule has 0 fully saturated rings. The molecule has 0 rings (SSSR count). The van der Waals surface area contributed by atoms with Gasteiger partial charge in [0.05, 0.1) is 16.1 Å². The summed E-state index contributed by atoms with van der Waals surface area (Å²) in [6.45, 7) is 15.6. The molecule has 0 aromatic rings. The van der Waals surface area contributed by atoms with Crippen molar-refractivity contribution in [3.8, 4) is 0 Å². The zero-order valence-corrected chi connectivity index (χ0v) is 13.1. The van der Waals surface area contributed by atoms with Gasteiger partial charge in [-0.1, -0.05) is 56.3 Å². The third kappa shape index (κ3) is 7.51. The van der Waals surface area contributed by atoms with Crippen LogP contribution >= 0.6 is 0 Å². The average Bonchev–Trinajstić information content (AvgIpc) is 1.93. The highest BCUT2D eigenvalue weighted by Gasteiger charge is 2.20. The van der Waals surface area contributed by atoms with Crippen LogP contribution in [0.25, 0.3) is 0 Å². The SMILES string of the molecule is CC(=O)/C=C/C(=C\[Si](C)(C)C)[Si](C)(C)C. The van der Waals surface area contributed by atoms with E-state index in [1.54, 1.807) is 13.0 Å². The van der Waals surface area contributed by atoms with Gasteiger partial charge in [-0.3, -0.25) is 4.79 Å². The molecule has 0 aromatic carbocycles. The Morgan fingerprint density at radius 3 is 1.67 bits per heavy atom. The van der Waals surface area contributed by atoms with Crippen LogP contribution in [0.2, 0.25) is 39.3 Å². The predicted molar refractivity (Wildman–Crippen MR) is 74.6 cm³/mol. The third-order valence-corrected chi connectivity index (χ3v) is 5.46. The summed E-state index contributed by atoms with van der Waals surface area (Å²) in [5.41, 5.74) is 2.43. The third-order valence-electron chi connectivity index (χ3n) is 1.95. The average molecular weight is 240 g/mol. The fourth-order valence-corrected chi connectivity index (χ4v) is 5.83. The molecule has 0 N–H and O–H groups in total. The van der Waals surface area contributed by atoms with Crippen molar-refractivity contribution in [1.82, 2.24) is 0 Å². The summed E-state index contributed by atoms with van der Waals surface area (Å²) in [4.78, 5) is 11.0. The Labute approximate surface area is 96.3 Å². The van der Waals surface area contributed by atoms with Crippen molar-refractivity contribution in [2.75, 3.05) is 0 Å². The highest BCUT2D eigenvalue weighted by atomic mass is 28.3. The van der Waals surface area contributed by atoms with Crippen molar-refractivity contribution in [3.05, 3.63) is 23.0 Å². The van der Waals surface area contributed by atoms with Crippen molar-refractivity contribution in [1.29, 1.82) is 0 Å². The number of carbonyl (C=O) groups excluding carboxylic acids is 1. The number of rotatable bonds is 4. The van der Waals surface area contributed by atoms with E-state index in [4.69, 9.17) is 0 Å². The molecule has 3 heteroatoms. The first-order chi connectivity index (χ1) is 6.52. The van der Waals surface area contributed by atoms with E-state index < -0.39 is 16.1 Å². The second-order valence-corrected chi connectivity index (χ2v) is 16.3. The number of hydrogen-bond donors (Lipinski definition) is 0. The molecule has 0 saturated carbocycles. The number of allylic oxidation sites excluding steroid dienone is 3. The van der Waals surface area contributed by atoms with Crippen LogP contribution < -0.4 is 0 Å². The molecule has 0 heterocycles. The lowest BCUT2D eigenvalue weighted by molar-refractivity contribution is -0.112. The van der Waals surface area contributed by atoms with E-state index in [1.165, 1.54) is 5.20 Å². The molecule has 0 aliphatic carbocycles. The topological polar surface area (TPSA) is 17.1 Å². The molecule has 0 atom stereocenters. The first-order valence-corrected chi connectivity index (χ1v) is 12.5. The smallest absolute Gasteiger partial charge is 0.152 e. The van der Waals surface area contributed by atoms with E-state index in [-0.39, 0.29) is 5.78 Å². The van der Waals surface area contributed by atoms with Crippen LogP contribution in [0.3, 0.4) is 0 Å². The van der Waals surface area contributed by atoms with E-state index in [9.17, 15) is 4.79 Å². The Bertz CT molecular complexity index is 288. The Balaban J connectivity index is 5.10. The first-order valence-electron chi connectivity index (χ1n) is 5.44. The summed E-state index contributed by atoms with van der Waals surface area (Å²) >= 11 is 0. The Morgan fingerprint density at radius 2 is 1.40 bits per heavy atom. The molecule has 0 unspecified atom stereocenters. The maximum absolute atomic E-state index is 11.0. The molecule has 0 aromatic heterocycles. The first kappa shape index (κ1) is 14.6. The summed E-state index contributed by atoms with van der Waals surface area (Å²) < 4.78 is 0. The maximum atomic E-state index is 11.0. The second-order valence-electron chi connectivity index (χ2n) is 6.16. The van der Waals surface area contributed by atoms with Gasteiger partial charge in [0.25, 0.3) is 0 Å². The van der Waals surface area contributed by atoms with Crippen LogP contribution in [0, 0.1) is 0 Å². The Hall–Kier alpha value is -0.416. The van der Waals surface area contributed by atoms with Gasteiger partial charge in [-0.25, -0.2) is 0 Å². The van der Waals surface area contributed by atoms with Crippen molar-refractivity contribution in [2.45, 2.75) is 46.2 Å².